The van der Waals surface area contributed by atoms with E-state index in [9.17, 15) is 19.5 Å². The highest BCUT2D eigenvalue weighted by Gasteiger charge is 2.22. The average Bonchev–Trinajstić information content (AvgIpc) is 2.54. The van der Waals surface area contributed by atoms with Crippen LogP contribution in [-0.4, -0.2) is 35.6 Å². The zero-order valence-corrected chi connectivity index (χ0v) is 12.8. The van der Waals surface area contributed by atoms with E-state index in [0.29, 0.717) is 5.75 Å². The van der Waals surface area contributed by atoms with Gasteiger partial charge in [-0.15, -0.1) is 0 Å². The van der Waals surface area contributed by atoms with Gasteiger partial charge < -0.3 is 14.6 Å². The standard InChI is InChI=1S/C16H15NO6/c1-9(18)12-8-13(16(21)23-3)15(20)17(14(12)19)10-4-6-11(22-2)7-5-10/h4-8,20H,1-3H3. The second-order valence-corrected chi connectivity index (χ2v) is 4.68. The molecule has 0 aliphatic heterocycles. The summed E-state index contributed by atoms with van der Waals surface area (Å²) >= 11 is 0. The fourth-order valence-corrected chi connectivity index (χ4v) is 2.09. The molecule has 0 unspecified atom stereocenters. The van der Waals surface area contributed by atoms with Gasteiger partial charge in [0.05, 0.1) is 25.5 Å². The minimum Gasteiger partial charge on any atom is -0.497 e. The molecule has 2 rings (SSSR count). The molecular weight excluding hydrogens is 302 g/mol. The monoisotopic (exact) mass is 317 g/mol. The molecule has 0 bridgehead atoms. The van der Waals surface area contributed by atoms with Gasteiger partial charge in [-0.05, 0) is 37.3 Å². The molecule has 23 heavy (non-hydrogen) atoms. The molecule has 0 spiro atoms. The molecule has 0 saturated heterocycles. The number of rotatable bonds is 4. The third-order valence-corrected chi connectivity index (χ3v) is 3.29. The molecule has 1 aromatic carbocycles. The van der Waals surface area contributed by atoms with Gasteiger partial charge in [-0.1, -0.05) is 0 Å². The van der Waals surface area contributed by atoms with Crippen molar-refractivity contribution >= 4 is 11.8 Å². The smallest absolute Gasteiger partial charge is 0.343 e. The number of hydrogen-bond acceptors (Lipinski definition) is 6. The number of aromatic nitrogens is 1. The van der Waals surface area contributed by atoms with Gasteiger partial charge in [0.2, 0.25) is 5.88 Å². The van der Waals surface area contributed by atoms with Crippen LogP contribution in [0.1, 0.15) is 27.6 Å². The van der Waals surface area contributed by atoms with Crippen LogP contribution in [0.4, 0.5) is 0 Å². The van der Waals surface area contributed by atoms with Crippen LogP contribution in [0.15, 0.2) is 35.1 Å². The maximum Gasteiger partial charge on any atom is 0.343 e. The van der Waals surface area contributed by atoms with Crippen LogP contribution in [0, 0.1) is 0 Å². The average molecular weight is 317 g/mol. The molecule has 7 heteroatoms. The molecule has 0 aliphatic rings. The molecule has 1 heterocycles. The first-order chi connectivity index (χ1) is 10.9. The van der Waals surface area contributed by atoms with Crippen LogP contribution in [-0.2, 0) is 4.74 Å². The summed E-state index contributed by atoms with van der Waals surface area (Å²) in [4.78, 5) is 35.9. The van der Waals surface area contributed by atoms with Crippen LogP contribution in [0.25, 0.3) is 5.69 Å². The molecule has 0 amide bonds. The number of benzene rings is 1. The Labute approximate surface area is 131 Å². The van der Waals surface area contributed by atoms with Crippen LogP contribution < -0.4 is 10.3 Å². The van der Waals surface area contributed by atoms with Gasteiger partial charge in [-0.3, -0.25) is 9.59 Å². The molecule has 0 atom stereocenters. The molecular formula is C16H15NO6. The second kappa shape index (κ2) is 6.35. The van der Waals surface area contributed by atoms with Gasteiger partial charge in [0, 0.05) is 0 Å². The fourth-order valence-electron chi connectivity index (χ4n) is 2.09. The maximum atomic E-state index is 12.4. The molecule has 0 radical (unpaired) electrons. The van der Waals surface area contributed by atoms with E-state index in [-0.39, 0.29) is 16.8 Å². The Kier molecular flexibility index (Phi) is 4.49. The first-order valence-electron chi connectivity index (χ1n) is 6.63. The summed E-state index contributed by atoms with van der Waals surface area (Å²) in [7, 11) is 2.63. The maximum absolute atomic E-state index is 12.4. The molecule has 2 aromatic rings. The molecule has 120 valence electrons. The van der Waals surface area contributed by atoms with E-state index < -0.39 is 23.2 Å². The number of pyridine rings is 1. The number of Topliss-reactive ketones (excluding diaryl/α,β-unsaturated/α-hetero) is 1. The predicted molar refractivity (Wildman–Crippen MR) is 81.6 cm³/mol. The van der Waals surface area contributed by atoms with Gasteiger partial charge >= 0.3 is 5.97 Å². The summed E-state index contributed by atoms with van der Waals surface area (Å²) < 4.78 is 10.5. The molecule has 1 aromatic heterocycles. The minimum absolute atomic E-state index is 0.223. The van der Waals surface area contributed by atoms with E-state index in [0.717, 1.165) is 17.7 Å². The van der Waals surface area contributed by atoms with Gasteiger partial charge in [0.25, 0.3) is 5.56 Å². The van der Waals surface area contributed by atoms with Gasteiger partial charge in [0.1, 0.15) is 11.3 Å². The number of nitrogens with zero attached hydrogens (tertiary/aromatic N) is 1. The predicted octanol–water partition coefficient (Wildman–Crippen LogP) is 1.54. The minimum atomic E-state index is -0.854. The van der Waals surface area contributed by atoms with E-state index in [1.165, 1.54) is 26.2 Å². The highest BCUT2D eigenvalue weighted by molar-refractivity contribution is 5.98. The third-order valence-electron chi connectivity index (χ3n) is 3.29. The van der Waals surface area contributed by atoms with Crippen molar-refractivity contribution in [3.8, 4) is 17.3 Å². The number of carbonyl (C=O) groups excluding carboxylic acids is 2. The van der Waals surface area contributed by atoms with Gasteiger partial charge in [-0.25, -0.2) is 9.36 Å². The van der Waals surface area contributed by atoms with Crippen molar-refractivity contribution in [2.75, 3.05) is 14.2 Å². The Morgan fingerprint density at radius 2 is 1.70 bits per heavy atom. The summed E-state index contributed by atoms with van der Waals surface area (Å²) in [6.07, 6.45) is 0. The zero-order valence-electron chi connectivity index (χ0n) is 12.8. The Balaban J connectivity index is 2.79. The Morgan fingerprint density at radius 1 is 1.09 bits per heavy atom. The fraction of sp³-hybridized carbons (Fsp3) is 0.188. The van der Waals surface area contributed by atoms with Crippen molar-refractivity contribution in [1.82, 2.24) is 4.57 Å². The Hall–Kier alpha value is -3.09. The topological polar surface area (TPSA) is 94.8 Å². The molecule has 0 saturated carbocycles. The second-order valence-electron chi connectivity index (χ2n) is 4.68. The number of ether oxygens (including phenoxy) is 2. The van der Waals surface area contributed by atoms with Crippen LogP contribution in [0.3, 0.4) is 0 Å². The van der Waals surface area contributed by atoms with E-state index in [2.05, 4.69) is 4.74 Å². The van der Waals surface area contributed by atoms with Gasteiger partial charge in [0.15, 0.2) is 5.78 Å². The summed E-state index contributed by atoms with van der Waals surface area (Å²) in [5, 5.41) is 10.3. The Morgan fingerprint density at radius 3 is 2.17 bits per heavy atom. The van der Waals surface area contributed by atoms with E-state index in [4.69, 9.17) is 4.74 Å². The number of aromatic hydroxyl groups is 1. The largest absolute Gasteiger partial charge is 0.497 e. The van der Waals surface area contributed by atoms with Crippen molar-refractivity contribution in [1.29, 1.82) is 0 Å². The number of methoxy groups -OCH3 is 2. The van der Waals surface area contributed by atoms with Crippen molar-refractivity contribution in [3.63, 3.8) is 0 Å². The quantitative estimate of drug-likeness (QED) is 0.679. The summed E-state index contributed by atoms with van der Waals surface area (Å²) in [6.45, 7) is 1.20. The molecule has 1 N–H and O–H groups in total. The number of carbonyl (C=O) groups is 2. The van der Waals surface area contributed by atoms with Crippen molar-refractivity contribution in [2.45, 2.75) is 6.92 Å². The van der Waals surface area contributed by atoms with Crippen LogP contribution in [0.5, 0.6) is 11.6 Å². The number of ketones is 1. The zero-order chi connectivity index (χ0) is 17.1. The first kappa shape index (κ1) is 16.3. The summed E-state index contributed by atoms with van der Waals surface area (Å²) in [5.74, 6) is -1.43. The summed E-state index contributed by atoms with van der Waals surface area (Å²) in [6, 6.07) is 7.24. The lowest BCUT2D eigenvalue weighted by atomic mass is 10.1. The van der Waals surface area contributed by atoms with Crippen molar-refractivity contribution in [3.05, 3.63) is 51.8 Å². The number of hydrogen-bond donors (Lipinski definition) is 1. The normalized spacial score (nSPS) is 10.2. The lowest BCUT2D eigenvalue weighted by Gasteiger charge is -2.13. The molecule has 0 fully saturated rings. The molecule has 0 aliphatic carbocycles. The highest BCUT2D eigenvalue weighted by atomic mass is 16.5. The van der Waals surface area contributed by atoms with Crippen molar-refractivity contribution in [2.24, 2.45) is 0 Å². The Bertz CT molecular complexity index is 820. The number of esters is 1. The third kappa shape index (κ3) is 2.94. The van der Waals surface area contributed by atoms with E-state index in [1.54, 1.807) is 12.1 Å². The SMILES string of the molecule is COC(=O)c1cc(C(C)=O)c(=O)n(-c2ccc(OC)cc2)c1O. The molecule has 7 nitrogen and oxygen atoms in total. The highest BCUT2D eigenvalue weighted by Crippen LogP contribution is 2.23. The van der Waals surface area contributed by atoms with E-state index >= 15 is 0 Å². The van der Waals surface area contributed by atoms with Crippen LogP contribution in [0.2, 0.25) is 0 Å². The lowest BCUT2D eigenvalue weighted by molar-refractivity contribution is 0.0596. The van der Waals surface area contributed by atoms with Gasteiger partial charge in [-0.2, -0.15) is 0 Å². The first-order valence-corrected chi connectivity index (χ1v) is 6.63. The van der Waals surface area contributed by atoms with Crippen LogP contribution >= 0.6 is 0 Å². The lowest BCUT2D eigenvalue weighted by Crippen LogP contribution is -2.26. The van der Waals surface area contributed by atoms with E-state index in [1.807, 2.05) is 0 Å². The summed E-state index contributed by atoms with van der Waals surface area (Å²) in [5.41, 5.74) is -0.943. The van der Waals surface area contributed by atoms with Crippen molar-refractivity contribution < 1.29 is 24.2 Å².